The number of rotatable bonds is 3. The Labute approximate surface area is 111 Å². The number of sulfonamides is 1. The molecule has 0 atom stereocenters. The lowest BCUT2D eigenvalue weighted by Crippen LogP contribution is -2.14. The molecule has 4 nitrogen and oxygen atoms in total. The maximum atomic E-state index is 12.1. The zero-order valence-electron chi connectivity index (χ0n) is 9.59. The monoisotopic (exact) mass is 282 g/mol. The molecular formula is C12H11ClN2O2S. The first-order valence-corrected chi connectivity index (χ1v) is 7.05. The summed E-state index contributed by atoms with van der Waals surface area (Å²) in [7, 11) is -3.66. The van der Waals surface area contributed by atoms with Crippen molar-refractivity contribution in [1.82, 2.24) is 4.98 Å². The van der Waals surface area contributed by atoms with Gasteiger partial charge in [-0.1, -0.05) is 23.7 Å². The maximum Gasteiger partial charge on any atom is 0.263 e. The third kappa shape index (κ3) is 2.80. The number of aromatic nitrogens is 1. The van der Waals surface area contributed by atoms with Crippen molar-refractivity contribution >= 4 is 27.4 Å². The summed E-state index contributed by atoms with van der Waals surface area (Å²) in [5.41, 5.74) is 0.866. The predicted octanol–water partition coefficient (Wildman–Crippen LogP) is 2.84. The van der Waals surface area contributed by atoms with Crippen LogP contribution in [-0.2, 0) is 10.0 Å². The van der Waals surface area contributed by atoms with Crippen LogP contribution in [0.15, 0.2) is 47.5 Å². The minimum absolute atomic E-state index is 0.126. The third-order valence-electron chi connectivity index (χ3n) is 2.29. The Morgan fingerprint density at radius 3 is 2.67 bits per heavy atom. The van der Waals surface area contributed by atoms with Gasteiger partial charge < -0.3 is 0 Å². The molecule has 0 saturated carbocycles. The molecule has 1 heterocycles. The van der Waals surface area contributed by atoms with Gasteiger partial charge >= 0.3 is 0 Å². The molecule has 0 amide bonds. The van der Waals surface area contributed by atoms with Gasteiger partial charge in [-0.05, 0) is 36.8 Å². The van der Waals surface area contributed by atoms with Gasteiger partial charge in [0.25, 0.3) is 10.0 Å². The molecule has 18 heavy (non-hydrogen) atoms. The molecule has 0 fully saturated rings. The van der Waals surface area contributed by atoms with E-state index in [0.29, 0.717) is 0 Å². The quantitative estimate of drug-likeness (QED) is 0.942. The lowest BCUT2D eigenvalue weighted by molar-refractivity contribution is 0.601. The van der Waals surface area contributed by atoms with E-state index in [2.05, 4.69) is 9.71 Å². The molecule has 1 aromatic heterocycles. The number of nitrogens with one attached hydrogen (secondary N) is 1. The predicted molar refractivity (Wildman–Crippen MR) is 71.2 cm³/mol. The fourth-order valence-corrected chi connectivity index (χ4v) is 2.79. The van der Waals surface area contributed by atoms with Crippen molar-refractivity contribution in [3.63, 3.8) is 0 Å². The van der Waals surface area contributed by atoms with Crippen LogP contribution in [-0.4, -0.2) is 13.4 Å². The first-order valence-electron chi connectivity index (χ1n) is 5.19. The van der Waals surface area contributed by atoms with Gasteiger partial charge in [0.2, 0.25) is 0 Å². The molecule has 0 aliphatic heterocycles. The van der Waals surface area contributed by atoms with Crippen molar-refractivity contribution in [2.75, 3.05) is 4.72 Å². The van der Waals surface area contributed by atoms with Crippen LogP contribution in [0, 0.1) is 6.92 Å². The standard InChI is InChI=1S/C12H11ClN2O2S/c1-9-4-2-5-10(8-9)18(16,17)15-12-11(13)6-3-7-14-12/h2-8H,1H3,(H,14,15). The van der Waals surface area contributed by atoms with Gasteiger partial charge in [0.05, 0.1) is 9.92 Å². The fraction of sp³-hybridized carbons (Fsp3) is 0.0833. The van der Waals surface area contributed by atoms with E-state index < -0.39 is 10.0 Å². The van der Waals surface area contributed by atoms with Crippen LogP contribution in [0.3, 0.4) is 0 Å². The molecular weight excluding hydrogens is 272 g/mol. The molecule has 2 aromatic rings. The second kappa shape index (κ2) is 4.96. The Bertz CT molecular complexity index is 671. The van der Waals surface area contributed by atoms with Gasteiger partial charge in [-0.2, -0.15) is 0 Å². The van der Waals surface area contributed by atoms with Gasteiger partial charge in [0, 0.05) is 6.20 Å². The Kier molecular flexibility index (Phi) is 3.54. The Hall–Kier alpha value is -1.59. The molecule has 2 rings (SSSR count). The largest absolute Gasteiger partial charge is 0.263 e. The Morgan fingerprint density at radius 1 is 1.22 bits per heavy atom. The molecule has 0 unspecified atom stereocenters. The third-order valence-corrected chi connectivity index (χ3v) is 3.93. The smallest absolute Gasteiger partial charge is 0.262 e. The van der Waals surface area contributed by atoms with Crippen LogP contribution in [0.25, 0.3) is 0 Å². The van der Waals surface area contributed by atoms with Crippen LogP contribution in [0.5, 0.6) is 0 Å². The van der Waals surface area contributed by atoms with E-state index in [9.17, 15) is 8.42 Å². The van der Waals surface area contributed by atoms with Gasteiger partial charge in [0.15, 0.2) is 5.82 Å². The van der Waals surface area contributed by atoms with Crippen molar-refractivity contribution in [3.05, 3.63) is 53.2 Å². The molecule has 1 aromatic carbocycles. The molecule has 0 radical (unpaired) electrons. The molecule has 0 aliphatic rings. The summed E-state index contributed by atoms with van der Waals surface area (Å²) in [6.45, 7) is 1.83. The second-order valence-electron chi connectivity index (χ2n) is 3.76. The Balaban J connectivity index is 2.37. The van der Waals surface area contributed by atoms with E-state index >= 15 is 0 Å². The summed E-state index contributed by atoms with van der Waals surface area (Å²) in [5, 5.41) is 0.258. The van der Waals surface area contributed by atoms with Crippen LogP contribution < -0.4 is 4.72 Å². The number of halogens is 1. The number of hydrogen-bond acceptors (Lipinski definition) is 3. The van der Waals surface area contributed by atoms with E-state index in [1.807, 2.05) is 13.0 Å². The highest BCUT2D eigenvalue weighted by atomic mass is 35.5. The molecule has 1 N–H and O–H groups in total. The summed E-state index contributed by atoms with van der Waals surface area (Å²) in [5.74, 6) is 0.126. The van der Waals surface area contributed by atoms with Crippen molar-refractivity contribution in [1.29, 1.82) is 0 Å². The first-order chi connectivity index (χ1) is 8.49. The van der Waals surface area contributed by atoms with Gasteiger partial charge in [-0.15, -0.1) is 0 Å². The van der Waals surface area contributed by atoms with Crippen molar-refractivity contribution in [2.24, 2.45) is 0 Å². The normalized spacial score (nSPS) is 11.2. The summed E-state index contributed by atoms with van der Waals surface area (Å²) in [4.78, 5) is 4.07. The van der Waals surface area contributed by atoms with Crippen LogP contribution in [0.2, 0.25) is 5.02 Å². The van der Waals surface area contributed by atoms with Gasteiger partial charge in [-0.3, -0.25) is 4.72 Å². The lowest BCUT2D eigenvalue weighted by Gasteiger charge is -2.08. The number of hydrogen-bond donors (Lipinski definition) is 1. The fourth-order valence-electron chi connectivity index (χ4n) is 1.43. The molecule has 0 saturated heterocycles. The van der Waals surface area contributed by atoms with Gasteiger partial charge in [0.1, 0.15) is 0 Å². The lowest BCUT2D eigenvalue weighted by atomic mass is 10.2. The highest BCUT2D eigenvalue weighted by molar-refractivity contribution is 7.92. The zero-order valence-corrected chi connectivity index (χ0v) is 11.2. The molecule has 0 aliphatic carbocycles. The number of anilines is 1. The van der Waals surface area contributed by atoms with E-state index in [1.54, 1.807) is 24.3 Å². The number of nitrogens with zero attached hydrogens (tertiary/aromatic N) is 1. The zero-order chi connectivity index (χ0) is 13.2. The molecule has 0 spiro atoms. The summed E-state index contributed by atoms with van der Waals surface area (Å²) >= 11 is 5.86. The summed E-state index contributed by atoms with van der Waals surface area (Å²) in [6.07, 6.45) is 1.47. The highest BCUT2D eigenvalue weighted by Gasteiger charge is 2.16. The summed E-state index contributed by atoms with van der Waals surface area (Å²) in [6, 6.07) is 9.82. The minimum Gasteiger partial charge on any atom is -0.262 e. The average Bonchev–Trinajstić information content (AvgIpc) is 2.32. The van der Waals surface area contributed by atoms with Crippen LogP contribution in [0.1, 0.15) is 5.56 Å². The topological polar surface area (TPSA) is 59.1 Å². The Morgan fingerprint density at radius 2 is 2.00 bits per heavy atom. The van der Waals surface area contributed by atoms with E-state index in [4.69, 9.17) is 11.6 Å². The SMILES string of the molecule is Cc1cccc(S(=O)(=O)Nc2ncccc2Cl)c1. The van der Waals surface area contributed by atoms with Crippen molar-refractivity contribution in [3.8, 4) is 0 Å². The number of pyridine rings is 1. The van der Waals surface area contributed by atoms with E-state index in [1.165, 1.54) is 12.3 Å². The number of benzene rings is 1. The second-order valence-corrected chi connectivity index (χ2v) is 5.85. The highest BCUT2D eigenvalue weighted by Crippen LogP contribution is 2.21. The van der Waals surface area contributed by atoms with Gasteiger partial charge in [-0.25, -0.2) is 13.4 Å². The minimum atomic E-state index is -3.66. The molecule has 94 valence electrons. The molecule has 0 bridgehead atoms. The summed E-state index contributed by atoms with van der Waals surface area (Å²) < 4.78 is 26.6. The maximum absolute atomic E-state index is 12.1. The first kappa shape index (κ1) is 12.9. The van der Waals surface area contributed by atoms with E-state index in [-0.39, 0.29) is 15.7 Å². The van der Waals surface area contributed by atoms with Crippen molar-refractivity contribution < 1.29 is 8.42 Å². The molecule has 6 heteroatoms. The van der Waals surface area contributed by atoms with E-state index in [0.717, 1.165) is 5.56 Å². The average molecular weight is 283 g/mol. The van der Waals surface area contributed by atoms with Crippen LogP contribution in [0.4, 0.5) is 5.82 Å². The van der Waals surface area contributed by atoms with Crippen molar-refractivity contribution in [2.45, 2.75) is 11.8 Å². The number of aryl methyl sites for hydroxylation is 1. The van der Waals surface area contributed by atoms with Crippen LogP contribution >= 0.6 is 11.6 Å².